The van der Waals surface area contributed by atoms with Crippen LogP contribution in [0.15, 0.2) is 42.5 Å². The van der Waals surface area contributed by atoms with Crippen molar-refractivity contribution >= 4 is 0 Å². The average molecular weight is 281 g/mol. The summed E-state index contributed by atoms with van der Waals surface area (Å²) in [6.07, 6.45) is 2.66. The van der Waals surface area contributed by atoms with Gasteiger partial charge in [-0.3, -0.25) is 0 Å². The molecular formula is C19H23NO. The van der Waals surface area contributed by atoms with E-state index in [1.165, 1.54) is 35.1 Å². The zero-order chi connectivity index (χ0) is 14.7. The van der Waals surface area contributed by atoms with E-state index in [4.69, 9.17) is 4.74 Å². The zero-order valence-corrected chi connectivity index (χ0v) is 12.9. The van der Waals surface area contributed by atoms with Crippen LogP contribution in [0.25, 0.3) is 11.1 Å². The minimum Gasteiger partial charge on any atom is -0.493 e. The highest BCUT2D eigenvalue weighted by Gasteiger charge is 2.20. The lowest BCUT2D eigenvalue weighted by atomic mass is 9.97. The molecule has 110 valence electrons. The lowest BCUT2D eigenvalue weighted by molar-refractivity contribution is 0.341. The van der Waals surface area contributed by atoms with Gasteiger partial charge in [0, 0.05) is 18.2 Å². The summed E-state index contributed by atoms with van der Waals surface area (Å²) in [6, 6.07) is 15.8. The first-order chi connectivity index (χ1) is 10.3. The Balaban J connectivity index is 1.84. The number of hydrogen-bond donors (Lipinski definition) is 1. The molecule has 0 unspecified atom stereocenters. The second-order valence-electron chi connectivity index (χ2n) is 5.73. The highest BCUT2D eigenvalue weighted by atomic mass is 16.5. The summed E-state index contributed by atoms with van der Waals surface area (Å²) in [6.45, 7) is 5.87. The van der Waals surface area contributed by atoms with Crippen molar-refractivity contribution in [3.63, 3.8) is 0 Å². The summed E-state index contributed by atoms with van der Waals surface area (Å²) in [5.74, 6) is 0.965. The molecule has 0 aromatic heterocycles. The largest absolute Gasteiger partial charge is 0.493 e. The third-order valence-electron chi connectivity index (χ3n) is 3.94. The van der Waals surface area contributed by atoms with Crippen LogP contribution < -0.4 is 10.1 Å². The molecule has 0 spiro atoms. The standard InChI is InChI=1S/C19H23NO/c1-3-21-19-7-5-4-6-18(19)17-11-8-15(12-14(17)2)13-20-16-9-10-16/h4-8,11-12,16,20H,3,9-10,13H2,1-2H3. The molecule has 2 aromatic carbocycles. The van der Waals surface area contributed by atoms with Crippen molar-refractivity contribution in [2.24, 2.45) is 0 Å². The van der Waals surface area contributed by atoms with Gasteiger partial charge in [-0.1, -0.05) is 36.4 Å². The average Bonchev–Trinajstić information content (AvgIpc) is 3.31. The summed E-state index contributed by atoms with van der Waals surface area (Å²) in [7, 11) is 0. The number of aryl methyl sites for hydroxylation is 1. The molecule has 3 rings (SSSR count). The highest BCUT2D eigenvalue weighted by Crippen LogP contribution is 2.32. The first-order valence-electron chi connectivity index (χ1n) is 7.83. The number of hydrogen-bond acceptors (Lipinski definition) is 2. The van der Waals surface area contributed by atoms with Gasteiger partial charge in [0.25, 0.3) is 0 Å². The van der Waals surface area contributed by atoms with Crippen LogP contribution in [-0.4, -0.2) is 12.6 Å². The van der Waals surface area contributed by atoms with Gasteiger partial charge in [-0.15, -0.1) is 0 Å². The topological polar surface area (TPSA) is 21.3 Å². The van der Waals surface area contributed by atoms with E-state index in [9.17, 15) is 0 Å². The van der Waals surface area contributed by atoms with Crippen LogP contribution in [0, 0.1) is 6.92 Å². The first-order valence-corrected chi connectivity index (χ1v) is 7.83. The van der Waals surface area contributed by atoms with Crippen molar-refractivity contribution in [1.82, 2.24) is 5.32 Å². The van der Waals surface area contributed by atoms with Crippen LogP contribution in [0.1, 0.15) is 30.9 Å². The van der Waals surface area contributed by atoms with E-state index in [-0.39, 0.29) is 0 Å². The Morgan fingerprint density at radius 2 is 1.90 bits per heavy atom. The van der Waals surface area contributed by atoms with Crippen LogP contribution in [0.2, 0.25) is 0 Å². The molecule has 0 atom stereocenters. The molecule has 0 heterocycles. The van der Waals surface area contributed by atoms with Gasteiger partial charge in [-0.25, -0.2) is 0 Å². The quantitative estimate of drug-likeness (QED) is 0.851. The second kappa shape index (κ2) is 6.31. The van der Waals surface area contributed by atoms with E-state index in [0.717, 1.165) is 18.3 Å². The monoisotopic (exact) mass is 281 g/mol. The second-order valence-corrected chi connectivity index (χ2v) is 5.73. The third-order valence-corrected chi connectivity index (χ3v) is 3.94. The maximum atomic E-state index is 5.75. The molecule has 2 heteroatoms. The van der Waals surface area contributed by atoms with E-state index >= 15 is 0 Å². The fourth-order valence-corrected chi connectivity index (χ4v) is 2.66. The Bertz CT molecular complexity index is 617. The molecule has 0 radical (unpaired) electrons. The van der Waals surface area contributed by atoms with Gasteiger partial charge in [0.15, 0.2) is 0 Å². The molecule has 0 aliphatic heterocycles. The molecule has 1 N–H and O–H groups in total. The predicted molar refractivity (Wildman–Crippen MR) is 87.6 cm³/mol. The Morgan fingerprint density at radius 1 is 1.10 bits per heavy atom. The third kappa shape index (κ3) is 3.45. The lowest BCUT2D eigenvalue weighted by Gasteiger charge is -2.13. The lowest BCUT2D eigenvalue weighted by Crippen LogP contribution is -2.15. The molecule has 1 aliphatic rings. The van der Waals surface area contributed by atoms with E-state index in [1.54, 1.807) is 0 Å². The Morgan fingerprint density at radius 3 is 2.62 bits per heavy atom. The van der Waals surface area contributed by atoms with E-state index in [1.807, 2.05) is 19.1 Å². The van der Waals surface area contributed by atoms with E-state index < -0.39 is 0 Å². The van der Waals surface area contributed by atoms with E-state index in [2.05, 4.69) is 42.6 Å². The summed E-state index contributed by atoms with van der Waals surface area (Å²) in [5, 5.41) is 3.57. The number of para-hydroxylation sites is 1. The molecule has 1 aliphatic carbocycles. The van der Waals surface area contributed by atoms with Crippen LogP contribution >= 0.6 is 0 Å². The number of benzene rings is 2. The van der Waals surface area contributed by atoms with Gasteiger partial charge < -0.3 is 10.1 Å². The number of nitrogens with one attached hydrogen (secondary N) is 1. The van der Waals surface area contributed by atoms with Crippen molar-refractivity contribution in [2.45, 2.75) is 39.3 Å². The molecule has 0 amide bonds. The first kappa shape index (κ1) is 14.2. The highest BCUT2D eigenvalue weighted by molar-refractivity contribution is 5.73. The Labute approximate surface area is 127 Å². The fourth-order valence-electron chi connectivity index (χ4n) is 2.66. The molecule has 2 nitrogen and oxygen atoms in total. The maximum Gasteiger partial charge on any atom is 0.127 e. The summed E-state index contributed by atoms with van der Waals surface area (Å²) >= 11 is 0. The molecular weight excluding hydrogens is 258 g/mol. The fraction of sp³-hybridized carbons (Fsp3) is 0.368. The predicted octanol–water partition coefficient (Wildman–Crippen LogP) is 4.31. The molecule has 2 aromatic rings. The van der Waals surface area contributed by atoms with Crippen molar-refractivity contribution in [3.8, 4) is 16.9 Å². The molecule has 1 fully saturated rings. The van der Waals surface area contributed by atoms with E-state index in [0.29, 0.717) is 6.61 Å². The number of rotatable bonds is 6. The van der Waals surface area contributed by atoms with Gasteiger partial charge in [0.2, 0.25) is 0 Å². The van der Waals surface area contributed by atoms with Gasteiger partial charge in [-0.05, 0) is 49.4 Å². The normalized spacial score (nSPS) is 14.2. The van der Waals surface area contributed by atoms with Gasteiger partial charge >= 0.3 is 0 Å². The number of ether oxygens (including phenoxy) is 1. The summed E-state index contributed by atoms with van der Waals surface area (Å²) in [5.41, 5.74) is 5.10. The van der Waals surface area contributed by atoms with Crippen LogP contribution in [0.3, 0.4) is 0 Å². The molecule has 21 heavy (non-hydrogen) atoms. The maximum absolute atomic E-state index is 5.75. The SMILES string of the molecule is CCOc1ccccc1-c1ccc(CNC2CC2)cc1C. The molecule has 1 saturated carbocycles. The minimum absolute atomic E-state index is 0.694. The summed E-state index contributed by atoms with van der Waals surface area (Å²) in [4.78, 5) is 0. The summed E-state index contributed by atoms with van der Waals surface area (Å²) < 4.78 is 5.75. The van der Waals surface area contributed by atoms with Gasteiger partial charge in [0.1, 0.15) is 5.75 Å². The van der Waals surface area contributed by atoms with Crippen LogP contribution in [-0.2, 0) is 6.54 Å². The van der Waals surface area contributed by atoms with Gasteiger partial charge in [0.05, 0.1) is 6.61 Å². The molecule has 0 saturated heterocycles. The van der Waals surface area contributed by atoms with Crippen molar-refractivity contribution in [3.05, 3.63) is 53.6 Å². The molecule has 0 bridgehead atoms. The van der Waals surface area contributed by atoms with Crippen molar-refractivity contribution < 1.29 is 4.74 Å². The smallest absolute Gasteiger partial charge is 0.127 e. The minimum atomic E-state index is 0.694. The Kier molecular flexibility index (Phi) is 4.26. The van der Waals surface area contributed by atoms with Crippen molar-refractivity contribution in [2.75, 3.05) is 6.61 Å². The Hall–Kier alpha value is -1.80. The van der Waals surface area contributed by atoms with Crippen molar-refractivity contribution in [1.29, 1.82) is 0 Å². The van der Waals surface area contributed by atoms with Gasteiger partial charge in [-0.2, -0.15) is 0 Å². The van der Waals surface area contributed by atoms with Crippen LogP contribution in [0.4, 0.5) is 0 Å². The zero-order valence-electron chi connectivity index (χ0n) is 12.9. The van der Waals surface area contributed by atoms with Crippen LogP contribution in [0.5, 0.6) is 5.75 Å².